The summed E-state index contributed by atoms with van der Waals surface area (Å²) in [6, 6.07) is 3.52. The summed E-state index contributed by atoms with van der Waals surface area (Å²) in [5, 5.41) is 3.36. The Balaban J connectivity index is 2.14. The van der Waals surface area contributed by atoms with E-state index in [1.54, 1.807) is 18.4 Å². The molecule has 1 N–H and O–H groups in total. The number of piperidine rings is 1. The molecule has 3 nitrogen and oxygen atoms in total. The van der Waals surface area contributed by atoms with E-state index in [0.29, 0.717) is 11.7 Å². The van der Waals surface area contributed by atoms with Gasteiger partial charge in [0.15, 0.2) is 5.76 Å². The summed E-state index contributed by atoms with van der Waals surface area (Å²) < 4.78 is 5.20. The second kappa shape index (κ2) is 4.42. The predicted octanol–water partition coefficient (Wildman–Crippen LogP) is 2.49. The molecule has 1 unspecified atom stereocenters. The quantitative estimate of drug-likeness (QED) is 0.797. The minimum atomic E-state index is -0.342. The van der Waals surface area contributed by atoms with E-state index in [1.165, 1.54) is 0 Å². The van der Waals surface area contributed by atoms with Gasteiger partial charge in [0.2, 0.25) is 5.78 Å². The van der Waals surface area contributed by atoms with Crippen molar-refractivity contribution in [3.05, 3.63) is 24.2 Å². The van der Waals surface area contributed by atoms with Gasteiger partial charge in [-0.05, 0) is 44.0 Å². The molecule has 0 aliphatic carbocycles. The van der Waals surface area contributed by atoms with Crippen molar-refractivity contribution in [1.82, 2.24) is 5.32 Å². The van der Waals surface area contributed by atoms with Gasteiger partial charge in [-0.1, -0.05) is 13.8 Å². The van der Waals surface area contributed by atoms with Crippen LogP contribution in [0.15, 0.2) is 22.8 Å². The molecule has 88 valence electrons. The van der Waals surface area contributed by atoms with Crippen LogP contribution < -0.4 is 5.32 Å². The van der Waals surface area contributed by atoms with Crippen molar-refractivity contribution in [1.29, 1.82) is 0 Å². The summed E-state index contributed by atoms with van der Waals surface area (Å²) in [7, 11) is 0. The molecule has 1 aromatic heterocycles. The Bertz CT molecular complexity index is 348. The molecular weight excluding hydrogens is 202 g/mol. The van der Waals surface area contributed by atoms with E-state index in [1.807, 2.05) is 13.8 Å². The molecule has 0 saturated carbocycles. The lowest BCUT2D eigenvalue weighted by Gasteiger charge is -2.35. The first kappa shape index (κ1) is 11.4. The molecule has 0 aromatic carbocycles. The first-order valence-corrected chi connectivity index (χ1v) is 5.91. The van der Waals surface area contributed by atoms with Crippen LogP contribution in [0.25, 0.3) is 0 Å². The Morgan fingerprint density at radius 2 is 2.38 bits per heavy atom. The molecule has 1 atom stereocenters. The van der Waals surface area contributed by atoms with E-state index < -0.39 is 0 Å². The number of Topliss-reactive ketones (excluding diaryl/α,β-unsaturated/α-hetero) is 1. The lowest BCUT2D eigenvalue weighted by Crippen LogP contribution is -2.42. The lowest BCUT2D eigenvalue weighted by atomic mass is 9.71. The smallest absolute Gasteiger partial charge is 0.203 e. The largest absolute Gasteiger partial charge is 0.461 e. The van der Waals surface area contributed by atoms with E-state index in [4.69, 9.17) is 4.42 Å². The fourth-order valence-electron chi connectivity index (χ4n) is 2.38. The molecule has 0 amide bonds. The average molecular weight is 221 g/mol. The Labute approximate surface area is 96.2 Å². The van der Waals surface area contributed by atoms with Crippen molar-refractivity contribution in [2.24, 2.45) is 11.3 Å². The summed E-state index contributed by atoms with van der Waals surface area (Å²) in [5.41, 5.74) is -0.342. The highest BCUT2D eigenvalue weighted by Crippen LogP contribution is 2.35. The normalized spacial score (nSPS) is 22.0. The lowest BCUT2D eigenvalue weighted by molar-refractivity contribution is 0.0677. The Hall–Kier alpha value is -1.09. The summed E-state index contributed by atoms with van der Waals surface area (Å²) in [6.07, 6.45) is 3.83. The van der Waals surface area contributed by atoms with Gasteiger partial charge in [-0.15, -0.1) is 0 Å². The van der Waals surface area contributed by atoms with Crippen LogP contribution in [0.3, 0.4) is 0 Å². The van der Waals surface area contributed by atoms with Crippen LogP contribution in [0.1, 0.15) is 37.2 Å². The highest BCUT2D eigenvalue weighted by atomic mass is 16.3. The molecule has 1 fully saturated rings. The van der Waals surface area contributed by atoms with Crippen molar-refractivity contribution in [2.75, 3.05) is 13.1 Å². The minimum absolute atomic E-state index is 0.117. The fraction of sp³-hybridized carbons (Fsp3) is 0.615. The summed E-state index contributed by atoms with van der Waals surface area (Å²) in [5.74, 6) is 1.00. The van der Waals surface area contributed by atoms with E-state index in [-0.39, 0.29) is 11.2 Å². The van der Waals surface area contributed by atoms with Crippen LogP contribution in [0.5, 0.6) is 0 Å². The number of hydrogen-bond acceptors (Lipinski definition) is 3. The molecule has 16 heavy (non-hydrogen) atoms. The summed E-state index contributed by atoms with van der Waals surface area (Å²) in [4.78, 5) is 12.3. The number of ketones is 1. The van der Waals surface area contributed by atoms with Gasteiger partial charge in [-0.25, -0.2) is 0 Å². The number of furan rings is 1. The Morgan fingerprint density at radius 1 is 1.56 bits per heavy atom. The van der Waals surface area contributed by atoms with E-state index in [2.05, 4.69) is 5.32 Å². The zero-order valence-corrected chi connectivity index (χ0v) is 9.95. The van der Waals surface area contributed by atoms with Crippen molar-refractivity contribution in [3.63, 3.8) is 0 Å². The highest BCUT2D eigenvalue weighted by molar-refractivity contribution is 5.97. The number of carbonyl (C=O) groups is 1. The average Bonchev–Trinajstić information content (AvgIpc) is 2.82. The first-order chi connectivity index (χ1) is 7.62. The van der Waals surface area contributed by atoms with E-state index in [0.717, 1.165) is 25.9 Å². The van der Waals surface area contributed by atoms with Gasteiger partial charge in [0.1, 0.15) is 0 Å². The van der Waals surface area contributed by atoms with Crippen molar-refractivity contribution in [3.8, 4) is 0 Å². The van der Waals surface area contributed by atoms with Crippen LogP contribution in [0.4, 0.5) is 0 Å². The van der Waals surface area contributed by atoms with Gasteiger partial charge >= 0.3 is 0 Å². The van der Waals surface area contributed by atoms with Crippen LogP contribution in [-0.2, 0) is 0 Å². The second-order valence-corrected chi connectivity index (χ2v) is 5.07. The molecule has 2 rings (SSSR count). The minimum Gasteiger partial charge on any atom is -0.461 e. The fourth-order valence-corrected chi connectivity index (χ4v) is 2.38. The first-order valence-electron chi connectivity index (χ1n) is 5.91. The van der Waals surface area contributed by atoms with Crippen molar-refractivity contribution in [2.45, 2.75) is 26.7 Å². The van der Waals surface area contributed by atoms with Gasteiger partial charge in [-0.2, -0.15) is 0 Å². The molecule has 1 saturated heterocycles. The number of nitrogens with one attached hydrogen (secondary N) is 1. The molecule has 0 spiro atoms. The Kier molecular flexibility index (Phi) is 3.15. The molecule has 0 radical (unpaired) electrons. The maximum atomic E-state index is 12.3. The molecule has 1 aromatic rings. The monoisotopic (exact) mass is 221 g/mol. The molecule has 3 heteroatoms. The zero-order valence-electron chi connectivity index (χ0n) is 9.95. The molecular formula is C13H19NO2. The second-order valence-electron chi connectivity index (χ2n) is 5.07. The molecule has 2 heterocycles. The number of rotatable bonds is 3. The third-order valence-corrected chi connectivity index (χ3v) is 3.65. The topological polar surface area (TPSA) is 42.2 Å². The molecule has 1 aliphatic rings. The van der Waals surface area contributed by atoms with Gasteiger partial charge in [0.25, 0.3) is 0 Å². The highest BCUT2D eigenvalue weighted by Gasteiger charge is 2.38. The van der Waals surface area contributed by atoms with Gasteiger partial charge in [-0.3, -0.25) is 4.79 Å². The van der Waals surface area contributed by atoms with E-state index >= 15 is 0 Å². The van der Waals surface area contributed by atoms with Crippen LogP contribution in [0, 0.1) is 11.3 Å². The third-order valence-electron chi connectivity index (χ3n) is 3.65. The van der Waals surface area contributed by atoms with Crippen LogP contribution in [0.2, 0.25) is 0 Å². The number of hydrogen-bond donors (Lipinski definition) is 1. The summed E-state index contributed by atoms with van der Waals surface area (Å²) >= 11 is 0. The summed E-state index contributed by atoms with van der Waals surface area (Å²) in [6.45, 7) is 6.05. The standard InChI is InChI=1S/C13H19NO2/c1-13(2,10-5-3-7-14-9-10)12(15)11-6-4-8-16-11/h4,6,8,10,14H,3,5,7,9H2,1-2H3. The SMILES string of the molecule is CC(C)(C(=O)c1ccco1)C1CCCNC1. The maximum Gasteiger partial charge on any atom is 0.203 e. The van der Waals surface area contributed by atoms with Crippen molar-refractivity contribution < 1.29 is 9.21 Å². The van der Waals surface area contributed by atoms with Crippen LogP contribution >= 0.6 is 0 Å². The predicted molar refractivity (Wildman–Crippen MR) is 62.4 cm³/mol. The van der Waals surface area contributed by atoms with Gasteiger partial charge < -0.3 is 9.73 Å². The van der Waals surface area contributed by atoms with Gasteiger partial charge in [0, 0.05) is 5.41 Å². The zero-order chi connectivity index (χ0) is 11.6. The Morgan fingerprint density at radius 3 is 2.94 bits per heavy atom. The molecule has 0 bridgehead atoms. The van der Waals surface area contributed by atoms with E-state index in [9.17, 15) is 4.79 Å². The van der Waals surface area contributed by atoms with Crippen molar-refractivity contribution >= 4 is 5.78 Å². The third kappa shape index (κ3) is 2.05. The molecule has 1 aliphatic heterocycles. The van der Waals surface area contributed by atoms with Crippen LogP contribution in [-0.4, -0.2) is 18.9 Å². The van der Waals surface area contributed by atoms with Gasteiger partial charge in [0.05, 0.1) is 6.26 Å². The number of carbonyl (C=O) groups excluding carboxylic acids is 1. The maximum absolute atomic E-state index is 12.3.